The van der Waals surface area contributed by atoms with E-state index in [1.54, 1.807) is 25.3 Å². The van der Waals surface area contributed by atoms with Gasteiger partial charge in [0.2, 0.25) is 0 Å². The molecular formula is C14H18N2O4S. The van der Waals surface area contributed by atoms with E-state index in [0.29, 0.717) is 43.5 Å². The number of carbonyl (C=O) groups is 1. The summed E-state index contributed by atoms with van der Waals surface area (Å²) < 4.78 is 16.2. The van der Waals surface area contributed by atoms with Crippen LogP contribution in [0.2, 0.25) is 0 Å². The van der Waals surface area contributed by atoms with Gasteiger partial charge in [0.1, 0.15) is 0 Å². The Morgan fingerprint density at radius 1 is 1.29 bits per heavy atom. The van der Waals surface area contributed by atoms with Gasteiger partial charge >= 0.3 is 5.97 Å². The van der Waals surface area contributed by atoms with Gasteiger partial charge in [0.25, 0.3) is 0 Å². The van der Waals surface area contributed by atoms with Crippen molar-refractivity contribution in [3.8, 4) is 0 Å². The average Bonchev–Trinajstić information content (AvgIpc) is 2.85. The minimum atomic E-state index is -0.347. The number of ether oxygens (including phenoxy) is 3. The van der Waals surface area contributed by atoms with Crippen molar-refractivity contribution in [3.63, 3.8) is 0 Å². The molecule has 0 radical (unpaired) electrons. The van der Waals surface area contributed by atoms with Crippen molar-refractivity contribution in [2.24, 2.45) is 0 Å². The number of hydrogen-bond acceptors (Lipinski definition) is 7. The largest absolute Gasteiger partial charge is 0.462 e. The zero-order valence-corrected chi connectivity index (χ0v) is 12.6. The number of anilines is 1. The molecule has 2 N–H and O–H groups in total. The Hall–Kier alpha value is -1.70. The van der Waals surface area contributed by atoms with E-state index in [9.17, 15) is 4.79 Å². The highest BCUT2D eigenvalue weighted by Gasteiger charge is 2.09. The van der Waals surface area contributed by atoms with Gasteiger partial charge in [-0.1, -0.05) is 11.3 Å². The molecule has 0 fully saturated rings. The summed E-state index contributed by atoms with van der Waals surface area (Å²) in [6.07, 6.45) is 0.658. The molecule has 0 unspecified atom stereocenters. The lowest BCUT2D eigenvalue weighted by Crippen LogP contribution is -2.09. The van der Waals surface area contributed by atoms with Gasteiger partial charge in [0, 0.05) is 20.1 Å². The summed E-state index contributed by atoms with van der Waals surface area (Å²) in [6.45, 7) is 1.99. The molecule has 6 nitrogen and oxygen atoms in total. The topological polar surface area (TPSA) is 83.7 Å². The highest BCUT2D eigenvalue weighted by molar-refractivity contribution is 7.22. The fraction of sp³-hybridized carbons (Fsp3) is 0.429. The predicted molar refractivity (Wildman–Crippen MR) is 81.6 cm³/mol. The maximum Gasteiger partial charge on any atom is 0.338 e. The van der Waals surface area contributed by atoms with Crippen LogP contribution in [0.15, 0.2) is 18.2 Å². The van der Waals surface area contributed by atoms with Gasteiger partial charge < -0.3 is 19.9 Å². The lowest BCUT2D eigenvalue weighted by atomic mass is 10.2. The molecule has 0 aliphatic heterocycles. The SMILES string of the molecule is COCCOCCCOC(=O)c1ccc2nc(N)sc2c1. The molecule has 0 saturated heterocycles. The summed E-state index contributed by atoms with van der Waals surface area (Å²) in [7, 11) is 1.62. The van der Waals surface area contributed by atoms with Crippen LogP contribution in [-0.4, -0.2) is 44.5 Å². The average molecular weight is 310 g/mol. The smallest absolute Gasteiger partial charge is 0.338 e. The molecule has 0 saturated carbocycles. The van der Waals surface area contributed by atoms with E-state index in [4.69, 9.17) is 19.9 Å². The Kier molecular flexibility index (Phi) is 5.91. The van der Waals surface area contributed by atoms with Crippen LogP contribution >= 0.6 is 11.3 Å². The Labute approximate surface area is 126 Å². The number of methoxy groups -OCH3 is 1. The molecule has 0 aliphatic rings. The summed E-state index contributed by atoms with van der Waals surface area (Å²) in [6, 6.07) is 5.21. The first-order chi connectivity index (χ1) is 10.2. The Morgan fingerprint density at radius 3 is 2.95 bits per heavy atom. The molecule has 1 aromatic heterocycles. The number of nitrogen functional groups attached to an aromatic ring is 1. The number of esters is 1. The quantitative estimate of drug-likeness (QED) is 0.594. The molecule has 1 heterocycles. The maximum atomic E-state index is 11.9. The fourth-order valence-corrected chi connectivity index (χ4v) is 2.50. The molecule has 114 valence electrons. The van der Waals surface area contributed by atoms with E-state index in [1.165, 1.54) is 11.3 Å². The van der Waals surface area contributed by atoms with Gasteiger partial charge in [0.05, 0.1) is 35.6 Å². The number of thiazole rings is 1. The second-order valence-electron chi connectivity index (χ2n) is 4.33. The van der Waals surface area contributed by atoms with E-state index >= 15 is 0 Å². The molecule has 0 amide bonds. The number of carbonyl (C=O) groups excluding carboxylic acids is 1. The van der Waals surface area contributed by atoms with E-state index in [2.05, 4.69) is 4.98 Å². The number of fused-ring (bicyclic) bond motifs is 1. The van der Waals surface area contributed by atoms with Crippen molar-refractivity contribution >= 4 is 32.7 Å². The van der Waals surface area contributed by atoms with Gasteiger partial charge in [-0.15, -0.1) is 0 Å². The van der Waals surface area contributed by atoms with Gasteiger partial charge in [-0.3, -0.25) is 0 Å². The Morgan fingerprint density at radius 2 is 2.14 bits per heavy atom. The van der Waals surface area contributed by atoms with Crippen LogP contribution in [0.5, 0.6) is 0 Å². The molecule has 0 aliphatic carbocycles. The van der Waals surface area contributed by atoms with E-state index in [-0.39, 0.29) is 5.97 Å². The van der Waals surface area contributed by atoms with Crippen molar-refractivity contribution in [2.75, 3.05) is 39.3 Å². The second kappa shape index (κ2) is 7.92. The first-order valence-electron chi connectivity index (χ1n) is 6.60. The van der Waals surface area contributed by atoms with Crippen LogP contribution in [0.3, 0.4) is 0 Å². The summed E-state index contributed by atoms with van der Waals surface area (Å²) in [4.78, 5) is 16.0. The van der Waals surface area contributed by atoms with E-state index in [1.807, 2.05) is 0 Å². The zero-order chi connectivity index (χ0) is 15.1. The molecule has 21 heavy (non-hydrogen) atoms. The monoisotopic (exact) mass is 310 g/mol. The third-order valence-corrected chi connectivity index (χ3v) is 3.59. The highest BCUT2D eigenvalue weighted by atomic mass is 32.1. The van der Waals surface area contributed by atoms with E-state index in [0.717, 1.165) is 10.2 Å². The zero-order valence-electron chi connectivity index (χ0n) is 11.8. The molecule has 0 bridgehead atoms. The summed E-state index contributed by atoms with van der Waals surface area (Å²) in [5, 5.41) is 0.490. The molecule has 0 spiro atoms. The Balaban J connectivity index is 1.76. The summed E-state index contributed by atoms with van der Waals surface area (Å²) in [5.74, 6) is -0.347. The highest BCUT2D eigenvalue weighted by Crippen LogP contribution is 2.24. The van der Waals surface area contributed by atoms with Crippen LogP contribution in [-0.2, 0) is 14.2 Å². The molecule has 7 heteroatoms. The minimum absolute atomic E-state index is 0.328. The maximum absolute atomic E-state index is 11.9. The van der Waals surface area contributed by atoms with Gasteiger partial charge in [-0.25, -0.2) is 9.78 Å². The molecule has 1 aromatic carbocycles. The van der Waals surface area contributed by atoms with Crippen molar-refractivity contribution < 1.29 is 19.0 Å². The molecule has 2 rings (SSSR count). The molecule has 2 aromatic rings. The lowest BCUT2D eigenvalue weighted by molar-refractivity contribution is 0.0386. The van der Waals surface area contributed by atoms with Crippen LogP contribution in [0, 0.1) is 0 Å². The number of rotatable bonds is 8. The standard InChI is InChI=1S/C14H18N2O4S/c1-18-7-8-19-5-2-6-20-13(17)10-3-4-11-12(9-10)21-14(15)16-11/h3-4,9H,2,5-8H2,1H3,(H2,15,16). The van der Waals surface area contributed by atoms with Crippen LogP contribution in [0.4, 0.5) is 5.13 Å². The van der Waals surface area contributed by atoms with Crippen molar-refractivity contribution in [2.45, 2.75) is 6.42 Å². The van der Waals surface area contributed by atoms with Gasteiger partial charge in [0.15, 0.2) is 5.13 Å². The second-order valence-corrected chi connectivity index (χ2v) is 5.39. The molecule has 0 atom stereocenters. The summed E-state index contributed by atoms with van der Waals surface area (Å²) in [5.41, 5.74) is 6.93. The minimum Gasteiger partial charge on any atom is -0.462 e. The van der Waals surface area contributed by atoms with Crippen LogP contribution in [0.25, 0.3) is 10.2 Å². The Bertz CT molecular complexity index is 600. The summed E-state index contributed by atoms with van der Waals surface area (Å²) >= 11 is 1.35. The molecular weight excluding hydrogens is 292 g/mol. The number of hydrogen-bond donors (Lipinski definition) is 1. The van der Waals surface area contributed by atoms with Crippen LogP contribution in [0.1, 0.15) is 16.8 Å². The van der Waals surface area contributed by atoms with Crippen molar-refractivity contribution in [3.05, 3.63) is 23.8 Å². The third-order valence-electron chi connectivity index (χ3n) is 2.74. The number of nitrogens with zero attached hydrogens (tertiary/aromatic N) is 1. The number of benzene rings is 1. The third kappa shape index (κ3) is 4.66. The van der Waals surface area contributed by atoms with E-state index < -0.39 is 0 Å². The van der Waals surface area contributed by atoms with Crippen molar-refractivity contribution in [1.82, 2.24) is 4.98 Å². The first kappa shape index (κ1) is 15.7. The first-order valence-corrected chi connectivity index (χ1v) is 7.42. The van der Waals surface area contributed by atoms with Crippen molar-refractivity contribution in [1.29, 1.82) is 0 Å². The van der Waals surface area contributed by atoms with Gasteiger partial charge in [-0.05, 0) is 18.2 Å². The normalized spacial score (nSPS) is 10.9. The lowest BCUT2D eigenvalue weighted by Gasteiger charge is -2.05. The fourth-order valence-electron chi connectivity index (χ4n) is 1.72. The number of aromatic nitrogens is 1. The van der Waals surface area contributed by atoms with Gasteiger partial charge in [-0.2, -0.15) is 0 Å². The predicted octanol–water partition coefficient (Wildman–Crippen LogP) is 2.09. The van der Waals surface area contributed by atoms with Crippen LogP contribution < -0.4 is 5.73 Å². The number of nitrogens with two attached hydrogens (primary N) is 1.